The fourth-order valence-electron chi connectivity index (χ4n) is 2.75. The van der Waals surface area contributed by atoms with Gasteiger partial charge in [0.15, 0.2) is 5.52 Å². The maximum absolute atomic E-state index is 13.3. The molecule has 0 radical (unpaired) electrons. The molecule has 172 valence electrons. The first-order valence-corrected chi connectivity index (χ1v) is 11.3. The molecule has 0 amide bonds. The molecule has 2 aromatic rings. The molecule has 0 aliphatic heterocycles. The van der Waals surface area contributed by atoms with E-state index in [-0.39, 0.29) is 34.4 Å². The molecule has 0 bridgehead atoms. The zero-order valence-electron chi connectivity index (χ0n) is 21.4. The van der Waals surface area contributed by atoms with Crippen molar-refractivity contribution in [3.05, 3.63) is 35.9 Å². The zero-order valence-corrected chi connectivity index (χ0v) is 21.4. The van der Waals surface area contributed by atoms with Gasteiger partial charge in [0, 0.05) is 23.5 Å². The molecule has 0 spiro atoms. The van der Waals surface area contributed by atoms with Crippen molar-refractivity contribution in [3.63, 3.8) is 0 Å². The molecule has 6 nitrogen and oxygen atoms in total. The van der Waals surface area contributed by atoms with Crippen molar-refractivity contribution in [2.24, 2.45) is 11.8 Å². The molecule has 0 heterocycles. The first-order chi connectivity index (χ1) is 14.8. The van der Waals surface area contributed by atoms with Gasteiger partial charge in [-0.2, -0.15) is 0 Å². The second-order valence-corrected chi connectivity index (χ2v) is 9.17. The van der Waals surface area contributed by atoms with E-state index in [2.05, 4.69) is 27.7 Å². The third kappa shape index (κ3) is 7.92. The Morgan fingerprint density at radius 3 is 1.84 bits per heavy atom. The van der Waals surface area contributed by atoms with Crippen molar-refractivity contribution < 1.29 is 48.8 Å². The van der Waals surface area contributed by atoms with E-state index in [0.717, 1.165) is 11.1 Å². The molecule has 8 heteroatoms. The number of ether oxygens (including phenoxy) is 5. The van der Waals surface area contributed by atoms with Gasteiger partial charge in [0.25, 0.3) is 0 Å². The number of carbonyl (C=O) groups excluding carboxylic acids is 1. The fraction of sp³-hybridized carbons (Fsp3) is 0.458. The minimum Gasteiger partial charge on any atom is -1.00 e. The Morgan fingerprint density at radius 1 is 0.812 bits per heavy atom. The van der Waals surface area contributed by atoms with Crippen LogP contribution in [0.2, 0.25) is 0 Å². The van der Waals surface area contributed by atoms with Crippen LogP contribution in [0.15, 0.2) is 30.3 Å². The van der Waals surface area contributed by atoms with Gasteiger partial charge < -0.3 is 25.1 Å². The Balaban J connectivity index is 0.00000512. The summed E-state index contributed by atoms with van der Waals surface area (Å²) in [6.45, 7) is 9.53. The van der Waals surface area contributed by atoms with E-state index in [1.54, 1.807) is 19.2 Å². The molecular formula is C24H34LiO6P. The summed E-state index contributed by atoms with van der Waals surface area (Å²) in [5, 5.41) is 0.808. The number of carbonyl (C=O) groups is 1. The number of hydrogen-bond donors (Lipinski definition) is 0. The van der Waals surface area contributed by atoms with Crippen LogP contribution in [0.4, 0.5) is 0 Å². The topological polar surface area (TPSA) is 63.2 Å². The van der Waals surface area contributed by atoms with Crippen LogP contribution in [0, 0.1) is 11.8 Å². The molecular weight excluding hydrogens is 422 g/mol. The number of rotatable bonds is 12. The van der Waals surface area contributed by atoms with Gasteiger partial charge in [0.2, 0.25) is 0 Å². The van der Waals surface area contributed by atoms with Gasteiger partial charge in [0.1, 0.15) is 34.3 Å². The summed E-state index contributed by atoms with van der Waals surface area (Å²) in [4.78, 5) is 13.3. The molecule has 0 aromatic heterocycles. The van der Waals surface area contributed by atoms with Crippen molar-refractivity contribution in [3.8, 4) is 28.7 Å². The van der Waals surface area contributed by atoms with Crippen molar-refractivity contribution >= 4 is 19.4 Å². The smallest absolute Gasteiger partial charge is 1.00 e. The maximum Gasteiger partial charge on any atom is 1.00 e. The fourth-order valence-corrected chi connectivity index (χ4v) is 3.80. The van der Waals surface area contributed by atoms with Crippen LogP contribution in [-0.2, 0) is 0 Å². The summed E-state index contributed by atoms with van der Waals surface area (Å²) in [5.41, 5.74) is 0.278. The van der Waals surface area contributed by atoms with E-state index < -0.39 is 0 Å². The predicted molar refractivity (Wildman–Crippen MR) is 127 cm³/mol. The zero-order chi connectivity index (χ0) is 23.0. The van der Waals surface area contributed by atoms with Gasteiger partial charge in [-0.25, -0.2) is 0 Å². The summed E-state index contributed by atoms with van der Waals surface area (Å²) < 4.78 is 28.0. The summed E-state index contributed by atoms with van der Waals surface area (Å²) in [6.07, 6.45) is 0. The molecule has 0 saturated carbocycles. The predicted octanol–water partition coefficient (Wildman–Crippen LogP) is 2.04. The Labute approximate surface area is 206 Å². The number of methoxy groups -OCH3 is 3. The van der Waals surface area contributed by atoms with Gasteiger partial charge >= 0.3 is 18.9 Å². The Bertz CT molecular complexity index is 866. The monoisotopic (exact) mass is 456 g/mol. The van der Waals surface area contributed by atoms with E-state index in [4.69, 9.17) is 23.7 Å². The first kappa shape index (κ1) is 28.2. The molecule has 2 aromatic carbocycles. The van der Waals surface area contributed by atoms with Gasteiger partial charge in [-0.15, -0.1) is 0 Å². The summed E-state index contributed by atoms with van der Waals surface area (Å²) >= 11 is 0. The molecule has 0 saturated heterocycles. The summed E-state index contributed by atoms with van der Waals surface area (Å²) in [5.74, 6) is 3.54. The van der Waals surface area contributed by atoms with Gasteiger partial charge in [-0.1, -0.05) is 27.7 Å². The van der Waals surface area contributed by atoms with Crippen LogP contribution in [0.3, 0.4) is 0 Å². The third-order valence-electron chi connectivity index (χ3n) is 4.30. The molecule has 32 heavy (non-hydrogen) atoms. The van der Waals surface area contributed by atoms with Gasteiger partial charge in [0.05, 0.1) is 34.5 Å². The van der Waals surface area contributed by atoms with Crippen LogP contribution in [0.1, 0.15) is 39.5 Å². The van der Waals surface area contributed by atoms with E-state index in [9.17, 15) is 4.79 Å². The van der Waals surface area contributed by atoms with Crippen LogP contribution in [-0.4, -0.2) is 40.1 Å². The average molecular weight is 456 g/mol. The molecule has 0 aliphatic carbocycles. The third-order valence-corrected chi connectivity index (χ3v) is 5.46. The normalized spacial score (nSPS) is 10.9. The second kappa shape index (κ2) is 13.6. The maximum atomic E-state index is 13.3. The standard InChI is InChI=1S/C24H33O6P.Li.H/c1-15(2)13-29-17-8-9-22(19(10-17)30-14-16(3)4)31-24(25)23-20(27-6)11-18(26-5)12-21(23)28-7;;/h8-12,15-16,31H,13-14H2,1-7H3;;/q;+1;-1. The van der Waals surface area contributed by atoms with Crippen LogP contribution >= 0.6 is 8.58 Å². The SMILES string of the molecule is COc1cc(OC)c(C(=O)Pc2ccc(OCC(C)C)cc2OCC(C)C)c(OC)c1.[H-].[Li+]. The molecule has 0 aliphatic rings. The van der Waals surface area contributed by atoms with E-state index in [1.165, 1.54) is 14.2 Å². The van der Waals surface area contributed by atoms with Crippen LogP contribution in [0.25, 0.3) is 0 Å². The molecule has 0 N–H and O–H groups in total. The quantitative estimate of drug-likeness (QED) is 0.360. The van der Waals surface area contributed by atoms with Crippen LogP contribution < -0.4 is 47.8 Å². The minimum absolute atomic E-state index is 0. The first-order valence-electron chi connectivity index (χ1n) is 10.3. The minimum atomic E-state index is -0.172. The van der Waals surface area contributed by atoms with E-state index >= 15 is 0 Å². The van der Waals surface area contributed by atoms with E-state index in [0.29, 0.717) is 53.6 Å². The Kier molecular flexibility index (Phi) is 12.0. The van der Waals surface area contributed by atoms with Gasteiger partial charge in [-0.3, -0.25) is 4.79 Å². The van der Waals surface area contributed by atoms with Gasteiger partial charge in [-0.05, 0) is 32.5 Å². The molecule has 1 atom stereocenters. The second-order valence-electron chi connectivity index (χ2n) is 7.93. The van der Waals surface area contributed by atoms with E-state index in [1.807, 2.05) is 18.2 Å². The summed E-state index contributed by atoms with van der Waals surface area (Å²) in [6, 6.07) is 8.99. The Hall–Kier alpha value is -1.86. The average Bonchev–Trinajstić information content (AvgIpc) is 2.75. The molecule has 2 rings (SSSR count). The van der Waals surface area contributed by atoms with Crippen LogP contribution in [0.5, 0.6) is 28.7 Å². The Morgan fingerprint density at radius 2 is 1.34 bits per heavy atom. The number of benzene rings is 2. The van der Waals surface area contributed by atoms with Crippen molar-refractivity contribution in [2.75, 3.05) is 34.5 Å². The molecule has 0 fully saturated rings. The van der Waals surface area contributed by atoms with Crippen molar-refractivity contribution in [1.82, 2.24) is 0 Å². The molecule has 1 unspecified atom stereocenters. The largest absolute Gasteiger partial charge is 1.00 e. The van der Waals surface area contributed by atoms with Crippen molar-refractivity contribution in [1.29, 1.82) is 0 Å². The summed E-state index contributed by atoms with van der Waals surface area (Å²) in [7, 11) is 4.42. The number of hydrogen-bond acceptors (Lipinski definition) is 6. The van der Waals surface area contributed by atoms with Crippen molar-refractivity contribution in [2.45, 2.75) is 27.7 Å².